The Morgan fingerprint density at radius 2 is 2.32 bits per heavy atom. The third kappa shape index (κ3) is 3.32. The Morgan fingerprint density at radius 1 is 1.41 bits per heavy atom. The van der Waals surface area contributed by atoms with Gasteiger partial charge in [0.25, 0.3) is 0 Å². The van der Waals surface area contributed by atoms with Gasteiger partial charge in [0, 0.05) is 43.7 Å². The van der Waals surface area contributed by atoms with Crippen molar-refractivity contribution < 1.29 is 4.79 Å². The normalized spacial score (nSPS) is 17.0. The van der Waals surface area contributed by atoms with Gasteiger partial charge < -0.3 is 9.88 Å². The molecule has 3 heterocycles. The highest BCUT2D eigenvalue weighted by Crippen LogP contribution is 2.15. The summed E-state index contributed by atoms with van der Waals surface area (Å²) in [6, 6.07) is 5.95. The predicted molar refractivity (Wildman–Crippen MR) is 82.2 cm³/mol. The first-order chi connectivity index (χ1) is 10.8. The number of aromatic nitrogens is 4. The zero-order chi connectivity index (χ0) is 15.4. The first-order valence-electron chi connectivity index (χ1n) is 7.86. The summed E-state index contributed by atoms with van der Waals surface area (Å²) in [5.74, 6) is 2.13. The van der Waals surface area contributed by atoms with E-state index in [4.69, 9.17) is 0 Å². The number of aryl methyl sites for hydroxylation is 3. The molecule has 0 radical (unpaired) electrons. The van der Waals surface area contributed by atoms with Crippen LogP contribution in [0.3, 0.4) is 0 Å². The van der Waals surface area contributed by atoms with Crippen LogP contribution < -0.4 is 5.32 Å². The number of pyridine rings is 1. The van der Waals surface area contributed by atoms with Crippen LogP contribution in [0.5, 0.6) is 0 Å². The molecule has 0 spiro atoms. The average molecular weight is 299 g/mol. The number of hydrogen-bond acceptors (Lipinski definition) is 4. The van der Waals surface area contributed by atoms with E-state index in [0.717, 1.165) is 43.1 Å². The zero-order valence-electron chi connectivity index (χ0n) is 12.8. The van der Waals surface area contributed by atoms with Crippen LogP contribution in [-0.4, -0.2) is 31.7 Å². The molecule has 1 unspecified atom stereocenters. The minimum atomic E-state index is 0.0882. The van der Waals surface area contributed by atoms with Crippen LogP contribution in [0.2, 0.25) is 0 Å². The zero-order valence-corrected chi connectivity index (χ0v) is 12.8. The molecule has 22 heavy (non-hydrogen) atoms. The van der Waals surface area contributed by atoms with Crippen LogP contribution in [0.4, 0.5) is 0 Å². The van der Waals surface area contributed by atoms with Crippen molar-refractivity contribution in [1.29, 1.82) is 0 Å². The lowest BCUT2D eigenvalue weighted by atomic mass is 10.1. The minimum Gasteiger partial charge on any atom is -0.352 e. The molecule has 1 atom stereocenters. The Balaban J connectivity index is 1.52. The molecular formula is C16H21N5O. The van der Waals surface area contributed by atoms with E-state index < -0.39 is 0 Å². The van der Waals surface area contributed by atoms with Crippen LogP contribution in [-0.2, 0) is 30.6 Å². The number of nitrogens with zero attached hydrogens (tertiary/aromatic N) is 4. The van der Waals surface area contributed by atoms with Gasteiger partial charge in [-0.25, -0.2) is 0 Å². The summed E-state index contributed by atoms with van der Waals surface area (Å²) >= 11 is 0. The van der Waals surface area contributed by atoms with E-state index in [1.54, 1.807) is 6.20 Å². The van der Waals surface area contributed by atoms with E-state index >= 15 is 0 Å². The molecule has 0 saturated heterocycles. The Hall–Kier alpha value is -2.24. The summed E-state index contributed by atoms with van der Waals surface area (Å²) in [6.45, 7) is 2.85. The molecule has 3 rings (SSSR count). The summed E-state index contributed by atoms with van der Waals surface area (Å²) in [7, 11) is 0. The standard InChI is InChI=1S/C16H21N5O/c1-2-14-19-20-15-8-6-13(11-21(14)15)18-16(22)9-7-12-5-3-4-10-17-12/h3-5,10,13H,2,6-9,11H2,1H3,(H,18,22). The molecule has 0 saturated carbocycles. The molecule has 116 valence electrons. The van der Waals surface area contributed by atoms with Crippen molar-refractivity contribution in [3.63, 3.8) is 0 Å². The molecule has 1 N–H and O–H groups in total. The fraction of sp³-hybridized carbons (Fsp3) is 0.500. The third-order valence-corrected chi connectivity index (χ3v) is 4.04. The first-order valence-corrected chi connectivity index (χ1v) is 7.86. The van der Waals surface area contributed by atoms with Gasteiger partial charge in [-0.15, -0.1) is 10.2 Å². The van der Waals surface area contributed by atoms with Crippen molar-refractivity contribution in [3.05, 3.63) is 41.7 Å². The molecule has 0 bridgehead atoms. The number of hydrogen-bond donors (Lipinski definition) is 1. The van der Waals surface area contributed by atoms with Crippen molar-refractivity contribution in [2.24, 2.45) is 0 Å². The van der Waals surface area contributed by atoms with E-state index in [2.05, 4.69) is 32.0 Å². The highest BCUT2D eigenvalue weighted by atomic mass is 16.1. The quantitative estimate of drug-likeness (QED) is 0.903. The van der Waals surface area contributed by atoms with Gasteiger partial charge >= 0.3 is 0 Å². The molecule has 1 aliphatic rings. The summed E-state index contributed by atoms with van der Waals surface area (Å²) in [5, 5.41) is 11.5. The third-order valence-electron chi connectivity index (χ3n) is 4.04. The van der Waals surface area contributed by atoms with E-state index in [9.17, 15) is 4.79 Å². The van der Waals surface area contributed by atoms with Gasteiger partial charge in [0.2, 0.25) is 5.91 Å². The lowest BCUT2D eigenvalue weighted by Crippen LogP contribution is -2.41. The molecule has 2 aromatic rings. The van der Waals surface area contributed by atoms with Crippen LogP contribution in [0.1, 0.15) is 37.1 Å². The molecule has 0 fully saturated rings. The second kappa shape index (κ2) is 6.68. The van der Waals surface area contributed by atoms with Crippen LogP contribution in [0, 0.1) is 0 Å². The number of carbonyl (C=O) groups is 1. The molecule has 0 aromatic carbocycles. The second-order valence-electron chi connectivity index (χ2n) is 5.62. The average Bonchev–Trinajstić information content (AvgIpc) is 2.96. The summed E-state index contributed by atoms with van der Waals surface area (Å²) in [4.78, 5) is 16.4. The van der Waals surface area contributed by atoms with Gasteiger partial charge in [-0.1, -0.05) is 13.0 Å². The highest BCUT2D eigenvalue weighted by molar-refractivity contribution is 5.76. The number of carbonyl (C=O) groups excluding carboxylic acids is 1. The maximum absolute atomic E-state index is 12.1. The molecule has 1 amide bonds. The Labute approximate surface area is 130 Å². The van der Waals surface area contributed by atoms with Gasteiger partial charge in [0.15, 0.2) is 0 Å². The van der Waals surface area contributed by atoms with Crippen LogP contribution >= 0.6 is 0 Å². The molecule has 1 aliphatic heterocycles. The molecule has 0 aliphatic carbocycles. The largest absolute Gasteiger partial charge is 0.352 e. The fourth-order valence-corrected chi connectivity index (χ4v) is 2.85. The SMILES string of the molecule is CCc1nnc2n1CC(NC(=O)CCc1ccccn1)CC2. The van der Waals surface area contributed by atoms with Gasteiger partial charge in [-0.2, -0.15) is 0 Å². The van der Waals surface area contributed by atoms with E-state index in [1.165, 1.54) is 0 Å². The van der Waals surface area contributed by atoms with Crippen molar-refractivity contribution in [2.75, 3.05) is 0 Å². The molecule has 2 aromatic heterocycles. The Morgan fingerprint density at radius 3 is 3.09 bits per heavy atom. The fourth-order valence-electron chi connectivity index (χ4n) is 2.85. The van der Waals surface area contributed by atoms with Gasteiger partial charge in [0.05, 0.1) is 0 Å². The topological polar surface area (TPSA) is 72.7 Å². The van der Waals surface area contributed by atoms with E-state index in [0.29, 0.717) is 12.8 Å². The van der Waals surface area contributed by atoms with Gasteiger partial charge in [-0.3, -0.25) is 9.78 Å². The monoisotopic (exact) mass is 299 g/mol. The van der Waals surface area contributed by atoms with Crippen molar-refractivity contribution in [2.45, 2.75) is 51.6 Å². The maximum atomic E-state index is 12.1. The van der Waals surface area contributed by atoms with Crippen LogP contribution in [0.15, 0.2) is 24.4 Å². The minimum absolute atomic E-state index is 0.0882. The first kappa shape index (κ1) is 14.7. The smallest absolute Gasteiger partial charge is 0.220 e. The Kier molecular flexibility index (Phi) is 4.46. The molecular weight excluding hydrogens is 278 g/mol. The summed E-state index contributed by atoms with van der Waals surface area (Å²) < 4.78 is 2.15. The molecule has 6 nitrogen and oxygen atoms in total. The van der Waals surface area contributed by atoms with E-state index in [1.807, 2.05) is 18.2 Å². The van der Waals surface area contributed by atoms with Gasteiger partial charge in [0.1, 0.15) is 11.6 Å². The lowest BCUT2D eigenvalue weighted by Gasteiger charge is -2.25. The van der Waals surface area contributed by atoms with Crippen molar-refractivity contribution in [1.82, 2.24) is 25.1 Å². The van der Waals surface area contributed by atoms with Crippen molar-refractivity contribution >= 4 is 5.91 Å². The number of rotatable bonds is 5. The lowest BCUT2D eigenvalue weighted by molar-refractivity contribution is -0.122. The van der Waals surface area contributed by atoms with Crippen LogP contribution in [0.25, 0.3) is 0 Å². The predicted octanol–water partition coefficient (Wildman–Crippen LogP) is 1.30. The number of nitrogens with one attached hydrogen (secondary N) is 1. The van der Waals surface area contributed by atoms with Gasteiger partial charge in [-0.05, 0) is 25.0 Å². The Bertz CT molecular complexity index is 624. The van der Waals surface area contributed by atoms with Crippen molar-refractivity contribution in [3.8, 4) is 0 Å². The number of fused-ring (bicyclic) bond motifs is 1. The second-order valence-corrected chi connectivity index (χ2v) is 5.62. The summed E-state index contributed by atoms with van der Waals surface area (Å²) in [5.41, 5.74) is 0.954. The van der Waals surface area contributed by atoms with E-state index in [-0.39, 0.29) is 11.9 Å². The highest BCUT2D eigenvalue weighted by Gasteiger charge is 2.23. The summed E-state index contributed by atoms with van der Waals surface area (Å²) in [6.07, 6.45) is 5.58. The maximum Gasteiger partial charge on any atom is 0.220 e. The number of amides is 1. The molecule has 6 heteroatoms.